The van der Waals surface area contributed by atoms with Gasteiger partial charge in [-0.1, -0.05) is 43.3 Å². The lowest BCUT2D eigenvalue weighted by molar-refractivity contribution is -0.139. The van der Waals surface area contributed by atoms with Crippen LogP contribution in [0.5, 0.6) is 5.75 Å². The highest BCUT2D eigenvalue weighted by Crippen LogP contribution is 2.37. The van der Waals surface area contributed by atoms with E-state index in [0.29, 0.717) is 5.75 Å². The number of aliphatic carboxylic acids is 1. The van der Waals surface area contributed by atoms with E-state index in [1.165, 1.54) is 0 Å². The van der Waals surface area contributed by atoms with E-state index in [1.54, 1.807) is 6.07 Å². The first-order valence-corrected chi connectivity index (χ1v) is 9.56. The summed E-state index contributed by atoms with van der Waals surface area (Å²) < 4.78 is 7.56. The van der Waals surface area contributed by atoms with E-state index in [1.807, 2.05) is 28.8 Å². The van der Waals surface area contributed by atoms with Gasteiger partial charge in [0.25, 0.3) is 0 Å². The molecule has 0 unspecified atom stereocenters. The predicted molar refractivity (Wildman–Crippen MR) is 113 cm³/mol. The summed E-state index contributed by atoms with van der Waals surface area (Å²) in [5, 5.41) is 11.3. The van der Waals surface area contributed by atoms with Crippen molar-refractivity contribution in [1.29, 1.82) is 0 Å². The average molecular weight is 387 g/mol. The van der Waals surface area contributed by atoms with Crippen LogP contribution in [-0.2, 0) is 22.4 Å². The van der Waals surface area contributed by atoms with Crippen LogP contribution < -0.4 is 4.74 Å². The summed E-state index contributed by atoms with van der Waals surface area (Å²) in [7, 11) is 0. The smallest absolute Gasteiger partial charge is 0.341 e. The number of carbonyl (C=O) groups excluding carboxylic acids is 1. The first kappa shape index (κ1) is 18.7. The molecule has 0 atom stereocenters. The maximum atomic E-state index is 11.4. The third-order valence-corrected chi connectivity index (χ3v) is 5.15. The zero-order chi connectivity index (χ0) is 20.4. The molecule has 4 aromatic rings. The Balaban J connectivity index is 2.00. The molecule has 0 bridgehead atoms. The normalized spacial score (nSPS) is 11.1. The van der Waals surface area contributed by atoms with Gasteiger partial charge in [0.2, 0.25) is 0 Å². The molecule has 29 heavy (non-hydrogen) atoms. The Bertz CT molecular complexity index is 1220. The van der Waals surface area contributed by atoms with Crippen molar-refractivity contribution < 1.29 is 19.4 Å². The Morgan fingerprint density at radius 3 is 2.59 bits per heavy atom. The van der Waals surface area contributed by atoms with E-state index < -0.39 is 12.6 Å². The number of benzene rings is 2. The summed E-state index contributed by atoms with van der Waals surface area (Å²) in [6.45, 7) is 1.63. The van der Waals surface area contributed by atoms with Crippen LogP contribution in [0.3, 0.4) is 0 Å². The second kappa shape index (κ2) is 7.80. The van der Waals surface area contributed by atoms with E-state index >= 15 is 0 Å². The number of carboxylic acid groups (broad SMARTS) is 1. The highest BCUT2D eigenvalue weighted by atomic mass is 16.5. The Morgan fingerprint density at radius 2 is 1.86 bits per heavy atom. The highest BCUT2D eigenvalue weighted by molar-refractivity contribution is 5.90. The van der Waals surface area contributed by atoms with Gasteiger partial charge in [-0.3, -0.25) is 0 Å². The number of carbonyl (C=O) groups is 2. The third-order valence-electron chi connectivity index (χ3n) is 5.15. The molecular weight excluding hydrogens is 366 g/mol. The van der Waals surface area contributed by atoms with Crippen molar-refractivity contribution >= 4 is 28.5 Å². The predicted octanol–water partition coefficient (Wildman–Crippen LogP) is 4.53. The lowest BCUT2D eigenvalue weighted by Crippen LogP contribution is -2.10. The summed E-state index contributed by atoms with van der Waals surface area (Å²) in [4.78, 5) is 22.4. The van der Waals surface area contributed by atoms with Crippen LogP contribution >= 0.6 is 0 Å². The van der Waals surface area contributed by atoms with E-state index in [-0.39, 0.29) is 6.42 Å². The van der Waals surface area contributed by atoms with Gasteiger partial charge >= 0.3 is 5.97 Å². The van der Waals surface area contributed by atoms with Gasteiger partial charge in [0, 0.05) is 12.6 Å². The molecule has 1 N–H and O–H groups in total. The zero-order valence-electron chi connectivity index (χ0n) is 16.1. The summed E-state index contributed by atoms with van der Waals surface area (Å²) in [5.41, 5.74) is 4.75. The van der Waals surface area contributed by atoms with Crippen LogP contribution in [-0.4, -0.2) is 28.4 Å². The van der Waals surface area contributed by atoms with Gasteiger partial charge in [-0.05, 0) is 52.1 Å². The minimum absolute atomic E-state index is 0.244. The van der Waals surface area contributed by atoms with Crippen molar-refractivity contribution in [2.45, 2.75) is 19.8 Å². The molecule has 0 aliphatic carbocycles. The van der Waals surface area contributed by atoms with Crippen LogP contribution in [0.1, 0.15) is 18.1 Å². The molecule has 5 nitrogen and oxygen atoms in total. The lowest BCUT2D eigenvalue weighted by atomic mass is 9.98. The van der Waals surface area contributed by atoms with Gasteiger partial charge in [0.1, 0.15) is 12.0 Å². The van der Waals surface area contributed by atoms with Crippen LogP contribution in [0.25, 0.3) is 27.5 Å². The minimum Gasteiger partial charge on any atom is -0.480 e. The number of rotatable bonds is 7. The standard InChI is InChI=1S/C24H21NO4/c1-2-19-20(11-13-26)24-21(29-15-22(27)28)8-5-12-25(24)23(19)18-10-9-16-6-3-4-7-17(16)14-18/h3-10,12-14H,2,11,15H2,1H3,(H,27,28). The van der Waals surface area contributed by atoms with Crippen LogP contribution in [0.2, 0.25) is 0 Å². The van der Waals surface area contributed by atoms with Crippen molar-refractivity contribution in [1.82, 2.24) is 4.40 Å². The summed E-state index contributed by atoms with van der Waals surface area (Å²) >= 11 is 0. The number of carboxylic acids is 1. The SMILES string of the molecule is CCc1c(CC=O)c2c(OCC(=O)O)cccn2c1-c1ccc2ccccc2c1. The zero-order valence-corrected chi connectivity index (χ0v) is 16.1. The van der Waals surface area contributed by atoms with Gasteiger partial charge in [0.05, 0.1) is 11.2 Å². The van der Waals surface area contributed by atoms with Crippen molar-refractivity contribution in [2.75, 3.05) is 6.61 Å². The van der Waals surface area contributed by atoms with Crippen molar-refractivity contribution in [2.24, 2.45) is 0 Å². The molecule has 4 rings (SSSR count). The molecule has 0 saturated heterocycles. The number of hydrogen-bond acceptors (Lipinski definition) is 3. The molecule has 0 spiro atoms. The highest BCUT2D eigenvalue weighted by Gasteiger charge is 2.21. The summed E-state index contributed by atoms with van der Waals surface area (Å²) in [5.74, 6) is -0.575. The number of aldehydes is 1. The summed E-state index contributed by atoms with van der Waals surface area (Å²) in [6.07, 6.45) is 3.80. The fourth-order valence-corrected chi connectivity index (χ4v) is 3.99. The number of aromatic nitrogens is 1. The Morgan fingerprint density at radius 1 is 1.07 bits per heavy atom. The number of fused-ring (bicyclic) bond motifs is 2. The molecule has 2 heterocycles. The first-order valence-electron chi connectivity index (χ1n) is 9.56. The van der Waals surface area contributed by atoms with Crippen molar-refractivity contribution in [3.8, 4) is 17.0 Å². The maximum absolute atomic E-state index is 11.4. The quantitative estimate of drug-likeness (QED) is 0.473. The molecule has 0 amide bonds. The Hall–Kier alpha value is -3.60. The third kappa shape index (κ3) is 3.36. The van der Waals surface area contributed by atoms with Gasteiger partial charge in [-0.25, -0.2) is 4.79 Å². The number of ether oxygens (including phenoxy) is 1. The Labute approximate surface area is 168 Å². The number of hydrogen-bond donors (Lipinski definition) is 1. The molecule has 0 fully saturated rings. The van der Waals surface area contributed by atoms with Crippen LogP contribution in [0, 0.1) is 0 Å². The molecule has 0 aliphatic rings. The van der Waals surface area contributed by atoms with Crippen LogP contribution in [0.4, 0.5) is 0 Å². The second-order valence-corrected chi connectivity index (χ2v) is 6.87. The Kier molecular flexibility index (Phi) is 5.04. The maximum Gasteiger partial charge on any atom is 0.341 e. The molecule has 146 valence electrons. The fraction of sp³-hybridized carbons (Fsp3) is 0.167. The lowest BCUT2D eigenvalue weighted by Gasteiger charge is -2.10. The second-order valence-electron chi connectivity index (χ2n) is 6.87. The van der Waals surface area contributed by atoms with E-state index in [4.69, 9.17) is 9.84 Å². The minimum atomic E-state index is -1.04. The molecule has 0 radical (unpaired) electrons. The van der Waals surface area contributed by atoms with E-state index in [2.05, 4.69) is 37.3 Å². The van der Waals surface area contributed by atoms with Crippen LogP contribution in [0.15, 0.2) is 60.8 Å². The molecule has 5 heteroatoms. The van der Waals surface area contributed by atoms with E-state index in [9.17, 15) is 9.59 Å². The molecule has 2 aromatic carbocycles. The largest absolute Gasteiger partial charge is 0.480 e. The first-order chi connectivity index (χ1) is 14.1. The fourth-order valence-electron chi connectivity index (χ4n) is 3.99. The van der Waals surface area contributed by atoms with Gasteiger partial charge in [0.15, 0.2) is 6.61 Å². The van der Waals surface area contributed by atoms with Gasteiger partial charge in [-0.2, -0.15) is 0 Å². The average Bonchev–Trinajstić information content (AvgIpc) is 3.06. The molecule has 0 aliphatic heterocycles. The van der Waals surface area contributed by atoms with E-state index in [0.717, 1.165) is 51.4 Å². The van der Waals surface area contributed by atoms with Crippen molar-refractivity contribution in [3.05, 3.63) is 71.9 Å². The number of nitrogens with zero attached hydrogens (tertiary/aromatic N) is 1. The molecular formula is C24H21NO4. The monoisotopic (exact) mass is 387 g/mol. The topological polar surface area (TPSA) is 68.0 Å². The molecule has 0 saturated carbocycles. The van der Waals surface area contributed by atoms with Crippen molar-refractivity contribution in [3.63, 3.8) is 0 Å². The summed E-state index contributed by atoms with van der Waals surface area (Å²) in [6, 6.07) is 18.1. The molecule has 2 aromatic heterocycles. The van der Waals surface area contributed by atoms with Gasteiger partial charge in [-0.15, -0.1) is 0 Å². The van der Waals surface area contributed by atoms with Gasteiger partial charge < -0.3 is 19.0 Å². The number of pyridine rings is 1.